The van der Waals surface area contributed by atoms with Crippen molar-refractivity contribution < 1.29 is 29.6 Å². The van der Waals surface area contributed by atoms with E-state index in [1.807, 2.05) is 81.4 Å². The van der Waals surface area contributed by atoms with Crippen molar-refractivity contribution in [1.29, 1.82) is 10.5 Å². The number of ether oxygens (including phenoxy) is 1. The van der Waals surface area contributed by atoms with E-state index in [9.17, 15) is 30.3 Å². The molecule has 6 aromatic rings. The lowest BCUT2D eigenvalue weighted by Crippen LogP contribution is -2.52. The van der Waals surface area contributed by atoms with Crippen molar-refractivity contribution in [3.05, 3.63) is 198 Å². The lowest BCUT2D eigenvalue weighted by molar-refractivity contribution is 0.00606. The molecule has 3 N–H and O–H groups in total. The van der Waals surface area contributed by atoms with Crippen LogP contribution in [0.1, 0.15) is 101 Å². The zero-order valence-electron chi connectivity index (χ0n) is 42.2. The van der Waals surface area contributed by atoms with Crippen LogP contribution in [0.4, 0.5) is 11.4 Å². The molecule has 2 aliphatic heterocycles. The first-order chi connectivity index (χ1) is 35.0. The third kappa shape index (κ3) is 15.0. The SMILES string of the molecule is CC(C)(C)OC(=O)c1ccc([C@](C)(O)CN2CCN(c3ccc(C#N)cc3Cl)[C@H](c3ccc(Cl)cc3)C2)cc1.C[C@@](O)(CN1CCN(c2ccc(C#N)cc2Cl)[C@H](c2ccc(Cl)cc2)C1)c1ccc(C(=O)O)cc1.Cl. The van der Waals surface area contributed by atoms with Gasteiger partial charge in [0.05, 0.1) is 79.1 Å². The number of carbonyl (C=O) groups excluding carboxylic acids is 1. The molecule has 0 spiro atoms. The second-order valence-electron chi connectivity index (χ2n) is 20.1. The number of anilines is 2. The fourth-order valence-corrected chi connectivity index (χ4v) is 10.3. The average molecular weight is 1110 g/mol. The predicted molar refractivity (Wildman–Crippen MR) is 300 cm³/mol. The summed E-state index contributed by atoms with van der Waals surface area (Å²) in [5, 5.41) is 52.7. The van der Waals surface area contributed by atoms with E-state index in [0.29, 0.717) is 94.7 Å². The maximum absolute atomic E-state index is 12.4. The van der Waals surface area contributed by atoms with Gasteiger partial charge in [0.25, 0.3) is 0 Å². The molecule has 6 aromatic carbocycles. The molecule has 75 heavy (non-hydrogen) atoms. The highest BCUT2D eigenvalue weighted by Gasteiger charge is 2.36. The van der Waals surface area contributed by atoms with Crippen molar-refractivity contribution in [2.75, 3.05) is 62.2 Å². The van der Waals surface area contributed by atoms with Crippen LogP contribution in [0.15, 0.2) is 133 Å². The van der Waals surface area contributed by atoms with E-state index in [1.54, 1.807) is 74.5 Å². The normalized spacial score (nSPS) is 17.7. The van der Waals surface area contributed by atoms with Gasteiger partial charge in [-0.3, -0.25) is 9.80 Å². The molecule has 4 atom stereocenters. The molecular formula is C58H59Cl5N6O6. The number of carboxylic acids is 1. The van der Waals surface area contributed by atoms with Crippen molar-refractivity contribution in [2.45, 2.75) is 63.5 Å². The molecule has 0 unspecified atom stereocenters. The fraction of sp³-hybridized carbons (Fsp3) is 0.310. The molecule has 12 nitrogen and oxygen atoms in total. The van der Waals surface area contributed by atoms with E-state index in [4.69, 9.17) is 56.2 Å². The first-order valence-electron chi connectivity index (χ1n) is 24.0. The third-order valence-electron chi connectivity index (χ3n) is 13.2. The van der Waals surface area contributed by atoms with Crippen LogP contribution in [-0.4, -0.2) is 95.0 Å². The molecule has 2 fully saturated rings. The van der Waals surface area contributed by atoms with Crippen molar-refractivity contribution in [2.24, 2.45) is 0 Å². The Kier molecular flexibility index (Phi) is 19.4. The number of nitriles is 2. The van der Waals surface area contributed by atoms with Gasteiger partial charge >= 0.3 is 11.9 Å². The van der Waals surface area contributed by atoms with Gasteiger partial charge in [-0.25, -0.2) is 9.59 Å². The van der Waals surface area contributed by atoms with Crippen LogP contribution >= 0.6 is 58.8 Å². The molecule has 392 valence electrons. The summed E-state index contributed by atoms with van der Waals surface area (Å²) in [6, 6.07) is 43.5. The summed E-state index contributed by atoms with van der Waals surface area (Å²) in [6.07, 6.45) is 0. The summed E-state index contributed by atoms with van der Waals surface area (Å²) in [6.45, 7) is 13.8. The van der Waals surface area contributed by atoms with Gasteiger partial charge in [0.2, 0.25) is 0 Å². The topological polar surface area (TPSA) is 165 Å². The first-order valence-corrected chi connectivity index (χ1v) is 25.6. The molecule has 8 rings (SSSR count). The molecule has 0 aromatic heterocycles. The number of hydrogen-bond acceptors (Lipinski definition) is 11. The number of aliphatic hydroxyl groups is 2. The molecule has 0 saturated carbocycles. The Morgan fingerprint density at radius 1 is 0.573 bits per heavy atom. The molecule has 0 aliphatic carbocycles. The molecular weight excluding hydrogens is 1050 g/mol. The maximum atomic E-state index is 12.4. The van der Waals surface area contributed by atoms with E-state index in [2.05, 4.69) is 31.7 Å². The van der Waals surface area contributed by atoms with Crippen LogP contribution in [0.2, 0.25) is 20.1 Å². The second-order valence-corrected chi connectivity index (χ2v) is 21.7. The van der Waals surface area contributed by atoms with E-state index < -0.39 is 28.7 Å². The van der Waals surface area contributed by atoms with Gasteiger partial charge in [-0.05, 0) is 142 Å². The number of hydrogen-bond donors (Lipinski definition) is 3. The first kappa shape index (κ1) is 58.4. The van der Waals surface area contributed by atoms with Crippen LogP contribution in [0.5, 0.6) is 0 Å². The Balaban J connectivity index is 0.000000242. The summed E-state index contributed by atoms with van der Waals surface area (Å²) >= 11 is 25.5. The smallest absolute Gasteiger partial charge is 0.338 e. The maximum Gasteiger partial charge on any atom is 0.338 e. The molecule has 17 heteroatoms. The van der Waals surface area contributed by atoms with Crippen LogP contribution in [-0.2, 0) is 15.9 Å². The number of nitrogens with zero attached hydrogens (tertiary/aromatic N) is 6. The van der Waals surface area contributed by atoms with Crippen LogP contribution in [0, 0.1) is 22.7 Å². The Labute approximate surface area is 465 Å². The minimum absolute atomic E-state index is 0. The van der Waals surface area contributed by atoms with Crippen molar-refractivity contribution in [3.63, 3.8) is 0 Å². The number of rotatable bonds is 12. The van der Waals surface area contributed by atoms with Gasteiger partial charge in [0, 0.05) is 62.4 Å². The minimum Gasteiger partial charge on any atom is -0.478 e. The van der Waals surface area contributed by atoms with Gasteiger partial charge in [-0.15, -0.1) is 12.4 Å². The number of piperazine rings is 2. The van der Waals surface area contributed by atoms with E-state index in [0.717, 1.165) is 28.1 Å². The van der Waals surface area contributed by atoms with E-state index in [1.165, 1.54) is 12.1 Å². The van der Waals surface area contributed by atoms with E-state index in [-0.39, 0.29) is 30.1 Å². The molecule has 2 heterocycles. The summed E-state index contributed by atoms with van der Waals surface area (Å²) in [5.74, 6) is -1.39. The van der Waals surface area contributed by atoms with E-state index >= 15 is 0 Å². The summed E-state index contributed by atoms with van der Waals surface area (Å²) in [4.78, 5) is 32.5. The highest BCUT2D eigenvalue weighted by molar-refractivity contribution is 6.34. The lowest BCUT2D eigenvalue weighted by atomic mass is 9.93. The predicted octanol–water partition coefficient (Wildman–Crippen LogP) is 12.3. The zero-order chi connectivity index (χ0) is 53.5. The number of aromatic carboxylic acids is 1. The largest absolute Gasteiger partial charge is 0.478 e. The molecule has 0 radical (unpaired) electrons. The molecule has 2 aliphatic rings. The van der Waals surface area contributed by atoms with Crippen molar-refractivity contribution in [3.8, 4) is 12.1 Å². The monoisotopic (exact) mass is 1110 g/mol. The van der Waals surface area contributed by atoms with Gasteiger partial charge < -0.3 is 29.9 Å². The standard InChI is InChI=1S/C31H33Cl2N3O3.C27H25Cl2N3O3.ClH/c1-30(2,3)39-29(37)23-6-10-24(11-7-23)31(4,38)20-35-15-16-36(27-14-5-21(18-34)17-26(27)33)28(19-35)22-8-12-25(32)13-9-22;1-27(35,21-7-3-20(4-8-21)26(33)34)17-31-12-13-32(24-11-2-18(15-30)14-23(24)29)25(16-31)19-5-9-22(28)10-6-19;/h5-14,17,28,38H,15-16,19-20H2,1-4H3;2-11,14,25,35H,12-13,16-17H2,1H3,(H,33,34);1H/t28-,31+;25-,27+;/m00./s1. The number of halogens is 5. The summed E-state index contributed by atoms with van der Waals surface area (Å²) < 4.78 is 5.45. The van der Waals surface area contributed by atoms with Gasteiger partial charge in [0.1, 0.15) is 5.60 Å². The highest BCUT2D eigenvalue weighted by Crippen LogP contribution is 2.39. The average Bonchev–Trinajstić information content (AvgIpc) is 3.36. The van der Waals surface area contributed by atoms with Crippen molar-refractivity contribution in [1.82, 2.24) is 9.80 Å². The fourth-order valence-electron chi connectivity index (χ4n) is 9.43. The zero-order valence-corrected chi connectivity index (χ0v) is 46.0. The number of carboxylic acid groups (broad SMARTS) is 1. The summed E-state index contributed by atoms with van der Waals surface area (Å²) in [5.41, 5.74) is 3.97. The van der Waals surface area contributed by atoms with Crippen LogP contribution in [0.3, 0.4) is 0 Å². The van der Waals surface area contributed by atoms with Gasteiger partial charge in [0.15, 0.2) is 0 Å². The number of β-amino-alcohol motifs (C(OH)–C–C–N with tert-alkyl or cyclic N) is 2. The van der Waals surface area contributed by atoms with Crippen LogP contribution < -0.4 is 9.80 Å². The number of benzene rings is 6. The summed E-state index contributed by atoms with van der Waals surface area (Å²) in [7, 11) is 0. The lowest BCUT2D eigenvalue weighted by Gasteiger charge is -2.45. The Morgan fingerprint density at radius 2 is 0.947 bits per heavy atom. The van der Waals surface area contributed by atoms with Gasteiger partial charge in [-0.2, -0.15) is 10.5 Å². The Hall–Kier alpha value is -5.87. The van der Waals surface area contributed by atoms with Crippen molar-refractivity contribution >= 4 is 82.1 Å². The quantitative estimate of drug-likeness (QED) is 0.0995. The van der Waals surface area contributed by atoms with Gasteiger partial charge in [-0.1, -0.05) is 94.9 Å². The third-order valence-corrected chi connectivity index (χ3v) is 14.3. The Morgan fingerprint density at radius 3 is 1.28 bits per heavy atom. The number of esters is 1. The van der Waals surface area contributed by atoms with Crippen LogP contribution in [0.25, 0.3) is 0 Å². The molecule has 0 bridgehead atoms. The Bertz CT molecular complexity index is 3030. The highest BCUT2D eigenvalue weighted by atomic mass is 35.5. The minimum atomic E-state index is -1.17. The molecule has 2 saturated heterocycles. The second kappa shape index (κ2) is 24.9. The molecule has 0 amide bonds. The number of carbonyl (C=O) groups is 2.